The van der Waals surface area contributed by atoms with Crippen molar-refractivity contribution in [1.29, 1.82) is 0 Å². The minimum Gasteiger partial charge on any atom is -0.412 e. The Morgan fingerprint density at radius 2 is 1.79 bits per heavy atom. The molecule has 0 aliphatic carbocycles. The van der Waals surface area contributed by atoms with Gasteiger partial charge in [-0.05, 0) is 25.6 Å². The van der Waals surface area contributed by atoms with Gasteiger partial charge >= 0.3 is 0 Å². The van der Waals surface area contributed by atoms with Gasteiger partial charge in [0.2, 0.25) is 0 Å². The van der Waals surface area contributed by atoms with E-state index in [-0.39, 0.29) is 5.48 Å². The van der Waals surface area contributed by atoms with Crippen molar-refractivity contribution in [2.45, 2.75) is 26.3 Å². The summed E-state index contributed by atoms with van der Waals surface area (Å²) in [5.41, 5.74) is 1.40. The SMILES string of the molecule is CCCCN(C)Cc1ccccc1.O. The average molecular weight is 195 g/mol. The summed E-state index contributed by atoms with van der Waals surface area (Å²) in [5, 5.41) is 0. The van der Waals surface area contributed by atoms with Crippen LogP contribution in [0.25, 0.3) is 0 Å². The van der Waals surface area contributed by atoms with Crippen LogP contribution in [0.4, 0.5) is 0 Å². The van der Waals surface area contributed by atoms with E-state index >= 15 is 0 Å². The summed E-state index contributed by atoms with van der Waals surface area (Å²) in [6, 6.07) is 10.6. The van der Waals surface area contributed by atoms with Crippen LogP contribution in [0.5, 0.6) is 0 Å². The molecule has 0 unspecified atom stereocenters. The molecule has 14 heavy (non-hydrogen) atoms. The van der Waals surface area contributed by atoms with Crippen LogP contribution in [0.3, 0.4) is 0 Å². The van der Waals surface area contributed by atoms with Crippen LogP contribution in [-0.2, 0) is 6.54 Å². The molecule has 2 N–H and O–H groups in total. The molecule has 0 spiro atoms. The highest BCUT2D eigenvalue weighted by atomic mass is 16.0. The third-order valence-electron chi connectivity index (χ3n) is 2.19. The zero-order valence-corrected chi connectivity index (χ0v) is 9.16. The zero-order chi connectivity index (χ0) is 9.52. The molecule has 1 aromatic carbocycles. The Morgan fingerprint density at radius 1 is 1.14 bits per heavy atom. The lowest BCUT2D eigenvalue weighted by Gasteiger charge is -2.15. The van der Waals surface area contributed by atoms with Crippen molar-refractivity contribution < 1.29 is 5.48 Å². The molecule has 0 bridgehead atoms. The molecule has 1 aromatic rings. The van der Waals surface area contributed by atoms with Gasteiger partial charge in [-0.3, -0.25) is 0 Å². The topological polar surface area (TPSA) is 34.7 Å². The minimum atomic E-state index is 0. The average Bonchev–Trinajstić information content (AvgIpc) is 2.16. The summed E-state index contributed by atoms with van der Waals surface area (Å²) in [6.07, 6.45) is 2.57. The molecule has 0 amide bonds. The normalized spacial score (nSPS) is 9.93. The van der Waals surface area contributed by atoms with E-state index in [1.807, 2.05) is 0 Å². The van der Waals surface area contributed by atoms with Gasteiger partial charge in [-0.1, -0.05) is 43.7 Å². The summed E-state index contributed by atoms with van der Waals surface area (Å²) in [7, 11) is 2.18. The molecule has 0 atom stereocenters. The van der Waals surface area contributed by atoms with Crippen LogP contribution in [0.1, 0.15) is 25.3 Å². The van der Waals surface area contributed by atoms with E-state index < -0.39 is 0 Å². The Morgan fingerprint density at radius 3 is 2.36 bits per heavy atom. The Bertz CT molecular complexity index is 223. The van der Waals surface area contributed by atoms with Gasteiger partial charge in [-0.2, -0.15) is 0 Å². The maximum Gasteiger partial charge on any atom is 0.0230 e. The first kappa shape index (κ1) is 13.1. The predicted molar refractivity (Wildman–Crippen MR) is 61.3 cm³/mol. The summed E-state index contributed by atoms with van der Waals surface area (Å²) in [4.78, 5) is 2.37. The van der Waals surface area contributed by atoms with Crippen LogP contribution in [0.15, 0.2) is 30.3 Å². The van der Waals surface area contributed by atoms with E-state index in [0.29, 0.717) is 0 Å². The molecule has 2 nitrogen and oxygen atoms in total. The van der Waals surface area contributed by atoms with Gasteiger partial charge in [0.15, 0.2) is 0 Å². The monoisotopic (exact) mass is 195 g/mol. The predicted octanol–water partition coefficient (Wildman–Crippen LogP) is 2.09. The third kappa shape index (κ3) is 5.00. The van der Waals surface area contributed by atoms with Crippen molar-refractivity contribution in [2.24, 2.45) is 0 Å². The van der Waals surface area contributed by atoms with E-state index in [1.165, 1.54) is 24.9 Å². The maximum absolute atomic E-state index is 2.37. The number of unbranched alkanes of at least 4 members (excludes halogenated alkanes) is 1. The molecule has 0 aliphatic rings. The van der Waals surface area contributed by atoms with Crippen molar-refractivity contribution in [1.82, 2.24) is 4.90 Å². The smallest absolute Gasteiger partial charge is 0.0230 e. The van der Waals surface area contributed by atoms with Gasteiger partial charge in [-0.25, -0.2) is 0 Å². The molecule has 0 radical (unpaired) electrons. The number of nitrogens with zero attached hydrogens (tertiary/aromatic N) is 1. The van der Waals surface area contributed by atoms with Crippen LogP contribution < -0.4 is 0 Å². The van der Waals surface area contributed by atoms with E-state index in [4.69, 9.17) is 0 Å². The van der Waals surface area contributed by atoms with Crippen molar-refractivity contribution in [3.63, 3.8) is 0 Å². The van der Waals surface area contributed by atoms with Gasteiger partial charge in [-0.15, -0.1) is 0 Å². The highest BCUT2D eigenvalue weighted by molar-refractivity contribution is 5.14. The van der Waals surface area contributed by atoms with Gasteiger partial charge < -0.3 is 10.4 Å². The summed E-state index contributed by atoms with van der Waals surface area (Å²) >= 11 is 0. The van der Waals surface area contributed by atoms with Crippen molar-refractivity contribution in [3.8, 4) is 0 Å². The van der Waals surface area contributed by atoms with E-state index in [0.717, 1.165) is 6.54 Å². The second kappa shape index (κ2) is 7.54. The fourth-order valence-corrected chi connectivity index (χ4v) is 1.40. The first-order chi connectivity index (χ1) is 6.33. The van der Waals surface area contributed by atoms with Crippen LogP contribution >= 0.6 is 0 Å². The molecular weight excluding hydrogens is 174 g/mol. The summed E-state index contributed by atoms with van der Waals surface area (Å²) in [5.74, 6) is 0. The molecule has 0 heterocycles. The molecule has 2 heteroatoms. The van der Waals surface area contributed by atoms with Crippen molar-refractivity contribution >= 4 is 0 Å². The third-order valence-corrected chi connectivity index (χ3v) is 2.19. The lowest BCUT2D eigenvalue weighted by molar-refractivity contribution is 0.321. The van der Waals surface area contributed by atoms with E-state index in [1.54, 1.807) is 0 Å². The Labute approximate surface area is 86.9 Å². The molecular formula is C12H21NO. The van der Waals surface area contributed by atoms with Crippen LogP contribution in [0.2, 0.25) is 0 Å². The molecule has 1 rings (SSSR count). The van der Waals surface area contributed by atoms with Crippen LogP contribution in [0, 0.1) is 0 Å². The Hall–Kier alpha value is -0.860. The number of hydrogen-bond acceptors (Lipinski definition) is 1. The standard InChI is InChI=1S/C12H19N.H2O/c1-3-4-10-13(2)11-12-8-6-5-7-9-12;/h5-9H,3-4,10-11H2,1-2H3;1H2. The second-order valence-corrected chi connectivity index (χ2v) is 3.58. The molecule has 0 saturated heterocycles. The van der Waals surface area contributed by atoms with E-state index in [2.05, 4.69) is 49.2 Å². The van der Waals surface area contributed by atoms with Crippen LogP contribution in [-0.4, -0.2) is 24.0 Å². The molecule has 0 aliphatic heterocycles. The first-order valence-corrected chi connectivity index (χ1v) is 5.05. The molecule has 80 valence electrons. The number of benzene rings is 1. The maximum atomic E-state index is 2.37. The highest BCUT2D eigenvalue weighted by Gasteiger charge is 1.97. The molecule has 0 saturated carbocycles. The van der Waals surface area contributed by atoms with Gasteiger partial charge in [0.25, 0.3) is 0 Å². The molecule has 0 aromatic heterocycles. The fraction of sp³-hybridized carbons (Fsp3) is 0.500. The number of hydrogen-bond donors (Lipinski definition) is 0. The van der Waals surface area contributed by atoms with Crippen molar-refractivity contribution in [3.05, 3.63) is 35.9 Å². The largest absolute Gasteiger partial charge is 0.412 e. The lowest BCUT2D eigenvalue weighted by atomic mass is 10.2. The zero-order valence-electron chi connectivity index (χ0n) is 9.16. The van der Waals surface area contributed by atoms with E-state index in [9.17, 15) is 0 Å². The summed E-state index contributed by atoms with van der Waals surface area (Å²) < 4.78 is 0. The first-order valence-electron chi connectivity index (χ1n) is 5.05. The molecule has 0 fully saturated rings. The van der Waals surface area contributed by atoms with Gasteiger partial charge in [0, 0.05) is 6.54 Å². The summed E-state index contributed by atoms with van der Waals surface area (Å²) in [6.45, 7) is 4.50. The van der Waals surface area contributed by atoms with Gasteiger partial charge in [0.05, 0.1) is 0 Å². The minimum absolute atomic E-state index is 0. The second-order valence-electron chi connectivity index (χ2n) is 3.58. The van der Waals surface area contributed by atoms with Gasteiger partial charge in [0.1, 0.15) is 0 Å². The van der Waals surface area contributed by atoms with Crippen molar-refractivity contribution in [2.75, 3.05) is 13.6 Å². The quantitative estimate of drug-likeness (QED) is 0.708. The number of rotatable bonds is 5. The lowest BCUT2D eigenvalue weighted by Crippen LogP contribution is -2.18. The highest BCUT2D eigenvalue weighted by Crippen LogP contribution is 2.03. The Kier molecular flexibility index (Phi) is 7.07. The Balaban J connectivity index is 0.00000169. The fourth-order valence-electron chi connectivity index (χ4n) is 1.40.